The van der Waals surface area contributed by atoms with E-state index in [4.69, 9.17) is 0 Å². The number of anilines is 1. The van der Waals surface area contributed by atoms with Gasteiger partial charge < -0.3 is 5.32 Å². The van der Waals surface area contributed by atoms with Crippen molar-refractivity contribution >= 4 is 15.8 Å². The molecule has 0 aliphatic rings. The molecule has 27 heavy (non-hydrogen) atoms. The maximum Gasteiger partial charge on any atom is 0.240 e. The van der Waals surface area contributed by atoms with Crippen LogP contribution < -0.4 is 10.0 Å². The highest BCUT2D eigenvalue weighted by molar-refractivity contribution is 7.89. The minimum atomic E-state index is -3.54. The molecule has 0 saturated carbocycles. The van der Waals surface area contributed by atoms with Gasteiger partial charge in [-0.05, 0) is 44.0 Å². The predicted molar refractivity (Wildman–Crippen MR) is 103 cm³/mol. The summed E-state index contributed by atoms with van der Waals surface area (Å²) >= 11 is 0. The number of aromatic nitrogens is 4. The van der Waals surface area contributed by atoms with Crippen molar-refractivity contribution in [2.24, 2.45) is 0 Å². The average molecular weight is 386 g/mol. The lowest BCUT2D eigenvalue weighted by atomic mass is 10.1. The lowest BCUT2D eigenvalue weighted by molar-refractivity contribution is 0.582. The molecule has 0 saturated heterocycles. The molecule has 9 heteroatoms. The number of rotatable bonds is 7. The zero-order valence-corrected chi connectivity index (χ0v) is 16.3. The highest BCUT2D eigenvalue weighted by Crippen LogP contribution is 2.14. The molecule has 142 valence electrons. The first kappa shape index (κ1) is 19.0. The van der Waals surface area contributed by atoms with E-state index in [9.17, 15) is 8.42 Å². The summed E-state index contributed by atoms with van der Waals surface area (Å²) in [6, 6.07) is 6.88. The number of imidazole rings is 1. The molecule has 0 aliphatic heterocycles. The molecule has 0 unspecified atom stereocenters. The molecular weight excluding hydrogens is 364 g/mol. The summed E-state index contributed by atoms with van der Waals surface area (Å²) in [7, 11) is -3.54. The third-order valence-electron chi connectivity index (χ3n) is 4.24. The summed E-state index contributed by atoms with van der Waals surface area (Å²) in [5, 5.41) is 3.10. The van der Waals surface area contributed by atoms with E-state index in [0.717, 1.165) is 17.0 Å². The van der Waals surface area contributed by atoms with Crippen molar-refractivity contribution in [2.75, 3.05) is 18.4 Å². The van der Waals surface area contributed by atoms with E-state index in [1.54, 1.807) is 24.4 Å². The van der Waals surface area contributed by atoms with Gasteiger partial charge in [0, 0.05) is 31.5 Å². The van der Waals surface area contributed by atoms with E-state index in [1.165, 1.54) is 6.33 Å². The maximum atomic E-state index is 12.4. The van der Waals surface area contributed by atoms with Crippen LogP contribution >= 0.6 is 0 Å². The van der Waals surface area contributed by atoms with E-state index in [0.29, 0.717) is 18.2 Å². The molecular formula is C18H22N6O2S. The van der Waals surface area contributed by atoms with E-state index in [2.05, 4.69) is 25.0 Å². The van der Waals surface area contributed by atoms with Gasteiger partial charge in [-0.2, -0.15) is 0 Å². The van der Waals surface area contributed by atoms with E-state index in [-0.39, 0.29) is 11.4 Å². The van der Waals surface area contributed by atoms with Crippen LogP contribution in [0, 0.1) is 20.8 Å². The Morgan fingerprint density at radius 3 is 2.52 bits per heavy atom. The van der Waals surface area contributed by atoms with Crippen LogP contribution in [0.2, 0.25) is 0 Å². The molecule has 2 N–H and O–H groups in total. The molecule has 0 amide bonds. The summed E-state index contributed by atoms with van der Waals surface area (Å²) in [6.45, 7) is 6.35. The van der Waals surface area contributed by atoms with Gasteiger partial charge in [0.15, 0.2) is 0 Å². The summed E-state index contributed by atoms with van der Waals surface area (Å²) < 4.78 is 29.2. The lowest BCUT2D eigenvalue weighted by Gasteiger charge is -2.10. The van der Waals surface area contributed by atoms with Crippen LogP contribution in [0.3, 0.4) is 0 Å². The molecule has 8 nitrogen and oxygen atoms in total. The highest BCUT2D eigenvalue weighted by atomic mass is 32.2. The normalized spacial score (nSPS) is 11.5. The number of nitrogens with zero attached hydrogens (tertiary/aromatic N) is 4. The van der Waals surface area contributed by atoms with Crippen LogP contribution in [-0.4, -0.2) is 41.0 Å². The topological polar surface area (TPSA) is 102 Å². The van der Waals surface area contributed by atoms with E-state index >= 15 is 0 Å². The zero-order chi connectivity index (χ0) is 19.4. The fraction of sp³-hybridized carbons (Fsp3) is 0.278. The monoisotopic (exact) mass is 386 g/mol. The van der Waals surface area contributed by atoms with Crippen LogP contribution in [0.25, 0.3) is 5.82 Å². The van der Waals surface area contributed by atoms with Crippen LogP contribution in [-0.2, 0) is 10.0 Å². The van der Waals surface area contributed by atoms with Crippen molar-refractivity contribution in [3.05, 3.63) is 59.9 Å². The summed E-state index contributed by atoms with van der Waals surface area (Å²) in [5.41, 5.74) is 2.00. The molecule has 0 aliphatic carbocycles. The fourth-order valence-electron chi connectivity index (χ4n) is 2.54. The fourth-order valence-corrected chi connectivity index (χ4v) is 3.65. The quantitative estimate of drug-likeness (QED) is 0.602. The second kappa shape index (κ2) is 7.85. The van der Waals surface area contributed by atoms with Crippen LogP contribution in [0.4, 0.5) is 5.82 Å². The summed E-state index contributed by atoms with van der Waals surface area (Å²) in [6.07, 6.45) is 4.97. The number of hydrogen-bond acceptors (Lipinski definition) is 6. The highest BCUT2D eigenvalue weighted by Gasteiger charge is 2.14. The Labute approximate surface area is 158 Å². The number of hydrogen-bond donors (Lipinski definition) is 2. The van der Waals surface area contributed by atoms with Gasteiger partial charge in [0.25, 0.3) is 0 Å². The number of benzene rings is 1. The van der Waals surface area contributed by atoms with Gasteiger partial charge >= 0.3 is 0 Å². The van der Waals surface area contributed by atoms with Crippen molar-refractivity contribution in [3.8, 4) is 5.82 Å². The van der Waals surface area contributed by atoms with E-state index in [1.807, 2.05) is 37.6 Å². The SMILES string of the molecule is Cc1ccc(S(=O)(=O)NCCNc2cc(-n3ccnc3C)ncn2)cc1C. The van der Waals surface area contributed by atoms with Gasteiger partial charge in [-0.3, -0.25) is 4.57 Å². The summed E-state index contributed by atoms with van der Waals surface area (Å²) in [4.78, 5) is 12.8. The Hall–Kier alpha value is -2.78. The molecule has 0 radical (unpaired) electrons. The van der Waals surface area contributed by atoms with Crippen molar-refractivity contribution in [2.45, 2.75) is 25.7 Å². The minimum absolute atomic E-state index is 0.235. The van der Waals surface area contributed by atoms with Gasteiger partial charge in [-0.1, -0.05) is 6.07 Å². The Bertz CT molecular complexity index is 1050. The van der Waals surface area contributed by atoms with Crippen molar-refractivity contribution in [1.29, 1.82) is 0 Å². The largest absolute Gasteiger partial charge is 0.369 e. The van der Waals surface area contributed by atoms with Crippen LogP contribution in [0.5, 0.6) is 0 Å². The van der Waals surface area contributed by atoms with Crippen molar-refractivity contribution < 1.29 is 8.42 Å². The van der Waals surface area contributed by atoms with Gasteiger partial charge in [-0.25, -0.2) is 28.1 Å². The molecule has 0 atom stereocenters. The smallest absolute Gasteiger partial charge is 0.240 e. The molecule has 2 aromatic heterocycles. The van der Waals surface area contributed by atoms with Crippen molar-refractivity contribution in [1.82, 2.24) is 24.2 Å². The van der Waals surface area contributed by atoms with Gasteiger partial charge in [-0.15, -0.1) is 0 Å². The third-order valence-corrected chi connectivity index (χ3v) is 5.70. The first-order valence-electron chi connectivity index (χ1n) is 8.50. The van der Waals surface area contributed by atoms with E-state index < -0.39 is 10.0 Å². The zero-order valence-electron chi connectivity index (χ0n) is 15.5. The first-order chi connectivity index (χ1) is 12.9. The first-order valence-corrected chi connectivity index (χ1v) is 9.98. The Balaban J connectivity index is 1.59. The number of sulfonamides is 1. The lowest BCUT2D eigenvalue weighted by Crippen LogP contribution is -2.29. The van der Waals surface area contributed by atoms with Crippen molar-refractivity contribution in [3.63, 3.8) is 0 Å². The molecule has 3 rings (SSSR count). The summed E-state index contributed by atoms with van der Waals surface area (Å²) in [5.74, 6) is 2.12. The minimum Gasteiger partial charge on any atom is -0.369 e. The molecule has 0 bridgehead atoms. The number of nitrogens with one attached hydrogen (secondary N) is 2. The van der Waals surface area contributed by atoms with Crippen LogP contribution in [0.15, 0.2) is 47.9 Å². The maximum absolute atomic E-state index is 12.4. The predicted octanol–water partition coefficient (Wildman–Crippen LogP) is 1.98. The molecule has 0 spiro atoms. The Morgan fingerprint density at radius 2 is 1.81 bits per heavy atom. The Morgan fingerprint density at radius 1 is 1.00 bits per heavy atom. The van der Waals surface area contributed by atoms with Gasteiger partial charge in [0.05, 0.1) is 4.90 Å². The number of aryl methyl sites for hydroxylation is 3. The second-order valence-corrected chi connectivity index (χ2v) is 7.94. The van der Waals surface area contributed by atoms with Gasteiger partial charge in [0.2, 0.25) is 10.0 Å². The molecule has 0 fully saturated rings. The van der Waals surface area contributed by atoms with Crippen LogP contribution in [0.1, 0.15) is 17.0 Å². The average Bonchev–Trinajstić information content (AvgIpc) is 3.07. The molecule has 1 aromatic carbocycles. The Kier molecular flexibility index (Phi) is 5.52. The second-order valence-electron chi connectivity index (χ2n) is 6.18. The molecule has 2 heterocycles. The third kappa shape index (κ3) is 4.50. The van der Waals surface area contributed by atoms with Gasteiger partial charge in [0.1, 0.15) is 23.8 Å². The standard InChI is InChI=1S/C18H22N6O2S/c1-13-4-5-16(10-14(13)2)27(25,26)23-7-6-20-17-11-18(22-12-21-17)24-9-8-19-15(24)3/h4-5,8-12,23H,6-7H2,1-3H3,(H,20,21,22). The molecule has 3 aromatic rings.